The summed E-state index contributed by atoms with van der Waals surface area (Å²) in [5.41, 5.74) is 0.485. The van der Waals surface area contributed by atoms with Crippen LogP contribution >= 0.6 is 11.8 Å². The summed E-state index contributed by atoms with van der Waals surface area (Å²) in [5.74, 6) is 0.890. The molecule has 0 saturated heterocycles. The number of rotatable bonds is 5. The molecule has 0 radical (unpaired) electrons. The molecule has 8 heteroatoms. The van der Waals surface area contributed by atoms with Gasteiger partial charge >= 0.3 is 5.97 Å². The highest BCUT2D eigenvalue weighted by atomic mass is 32.2. The first-order valence-electron chi connectivity index (χ1n) is 6.06. The third kappa shape index (κ3) is 3.19. The Kier molecular flexibility index (Phi) is 4.43. The number of hydrogen-bond donors (Lipinski definition) is 0. The zero-order valence-electron chi connectivity index (χ0n) is 11.6. The lowest BCUT2D eigenvalue weighted by molar-refractivity contribution is -0.139. The molecule has 2 aromatic heterocycles. The number of carbonyl (C=O) groups excluding carboxylic acids is 1. The van der Waals surface area contributed by atoms with E-state index in [1.54, 1.807) is 13.0 Å². The summed E-state index contributed by atoms with van der Waals surface area (Å²) in [5, 5.41) is 11.5. The highest BCUT2D eigenvalue weighted by molar-refractivity contribution is 8.00. The molecule has 108 valence electrons. The van der Waals surface area contributed by atoms with Gasteiger partial charge in [0.25, 0.3) is 11.1 Å². The van der Waals surface area contributed by atoms with Crippen LogP contribution in [-0.4, -0.2) is 33.7 Å². The molecule has 0 aromatic carbocycles. The molecule has 2 aromatic rings. The second-order valence-electron chi connectivity index (χ2n) is 4.43. The lowest BCUT2D eigenvalue weighted by Gasteiger charge is -2.03. The Balaban J connectivity index is 2.10. The summed E-state index contributed by atoms with van der Waals surface area (Å²) in [6, 6.07) is 1.76. The van der Waals surface area contributed by atoms with Crippen molar-refractivity contribution in [2.24, 2.45) is 0 Å². The van der Waals surface area contributed by atoms with Gasteiger partial charge in [-0.3, -0.25) is 4.79 Å². The molecule has 0 saturated carbocycles. The van der Waals surface area contributed by atoms with Crippen LogP contribution in [0.3, 0.4) is 0 Å². The highest BCUT2D eigenvalue weighted by Crippen LogP contribution is 2.27. The second-order valence-corrected chi connectivity index (χ2v) is 5.72. The summed E-state index contributed by atoms with van der Waals surface area (Å²) in [7, 11) is 1.33. The van der Waals surface area contributed by atoms with Crippen LogP contribution in [0.15, 0.2) is 20.2 Å². The van der Waals surface area contributed by atoms with Gasteiger partial charge in [0.1, 0.15) is 11.0 Å². The maximum atomic E-state index is 11.3. The van der Waals surface area contributed by atoms with Crippen molar-refractivity contribution in [3.05, 3.63) is 11.8 Å². The Morgan fingerprint density at radius 1 is 1.35 bits per heavy atom. The van der Waals surface area contributed by atoms with Gasteiger partial charge in [0.15, 0.2) is 5.69 Å². The molecule has 20 heavy (non-hydrogen) atoms. The number of thioether (sulfide) groups is 1. The van der Waals surface area contributed by atoms with E-state index in [1.807, 2.05) is 13.8 Å². The number of hydrogen-bond acceptors (Lipinski definition) is 8. The molecule has 0 aliphatic heterocycles. The molecule has 0 N–H and O–H groups in total. The Morgan fingerprint density at radius 2 is 2.10 bits per heavy atom. The number of methoxy groups -OCH3 is 1. The first-order valence-corrected chi connectivity index (χ1v) is 6.94. The van der Waals surface area contributed by atoms with Crippen LogP contribution in [0.1, 0.15) is 32.4 Å². The molecule has 0 bridgehead atoms. The molecule has 1 atom stereocenters. The van der Waals surface area contributed by atoms with Crippen LogP contribution in [0.25, 0.3) is 11.6 Å². The number of esters is 1. The summed E-state index contributed by atoms with van der Waals surface area (Å²) < 4.78 is 15.2. The topological polar surface area (TPSA) is 91.2 Å². The van der Waals surface area contributed by atoms with Crippen molar-refractivity contribution in [3.63, 3.8) is 0 Å². The van der Waals surface area contributed by atoms with Gasteiger partial charge < -0.3 is 13.7 Å². The average molecular weight is 297 g/mol. The molecule has 0 fully saturated rings. The third-order valence-corrected chi connectivity index (χ3v) is 3.45. The first kappa shape index (κ1) is 14.6. The molecular weight excluding hydrogens is 282 g/mol. The van der Waals surface area contributed by atoms with Crippen molar-refractivity contribution in [1.29, 1.82) is 0 Å². The largest absolute Gasteiger partial charge is 0.468 e. The van der Waals surface area contributed by atoms with E-state index in [0.717, 1.165) is 17.5 Å². The van der Waals surface area contributed by atoms with Crippen molar-refractivity contribution < 1.29 is 18.5 Å². The fraction of sp³-hybridized carbons (Fsp3) is 0.500. The maximum absolute atomic E-state index is 11.3. The highest BCUT2D eigenvalue weighted by Gasteiger charge is 2.20. The van der Waals surface area contributed by atoms with Crippen LogP contribution < -0.4 is 0 Å². The normalized spacial score (nSPS) is 12.7. The minimum absolute atomic E-state index is 0.229. The lowest BCUT2D eigenvalue weighted by Crippen LogP contribution is -2.14. The molecule has 2 rings (SSSR count). The number of carbonyl (C=O) groups is 1. The quantitative estimate of drug-likeness (QED) is 0.614. The molecule has 0 spiro atoms. The van der Waals surface area contributed by atoms with Crippen molar-refractivity contribution in [1.82, 2.24) is 15.4 Å². The van der Waals surface area contributed by atoms with Gasteiger partial charge in [0.05, 0.1) is 7.11 Å². The number of ether oxygens (including phenoxy) is 1. The first-order chi connectivity index (χ1) is 9.51. The molecular formula is C12H15N3O4S. The van der Waals surface area contributed by atoms with Crippen molar-refractivity contribution in [3.8, 4) is 11.6 Å². The van der Waals surface area contributed by atoms with Gasteiger partial charge in [-0.05, 0) is 6.92 Å². The Hall–Kier alpha value is -1.83. The van der Waals surface area contributed by atoms with E-state index in [9.17, 15) is 4.79 Å². The predicted octanol–water partition coefficient (Wildman–Crippen LogP) is 2.50. The molecule has 1 unspecified atom stereocenters. The molecule has 2 heterocycles. The minimum atomic E-state index is -0.420. The minimum Gasteiger partial charge on any atom is -0.468 e. The van der Waals surface area contributed by atoms with Crippen molar-refractivity contribution >= 4 is 17.7 Å². The molecule has 0 aliphatic rings. The SMILES string of the molecule is COC(=O)C(C)Sc1nnc(-c2cc(C(C)C)on2)o1. The van der Waals surface area contributed by atoms with Crippen molar-refractivity contribution in [2.75, 3.05) is 7.11 Å². The van der Waals surface area contributed by atoms with E-state index < -0.39 is 5.25 Å². The number of aromatic nitrogens is 3. The van der Waals surface area contributed by atoms with E-state index in [0.29, 0.717) is 5.69 Å². The van der Waals surface area contributed by atoms with Gasteiger partial charge in [0.2, 0.25) is 0 Å². The fourth-order valence-electron chi connectivity index (χ4n) is 1.39. The van der Waals surface area contributed by atoms with Gasteiger partial charge in [-0.15, -0.1) is 10.2 Å². The monoisotopic (exact) mass is 297 g/mol. The predicted molar refractivity (Wildman–Crippen MR) is 71.2 cm³/mol. The van der Waals surface area contributed by atoms with E-state index in [4.69, 9.17) is 8.94 Å². The van der Waals surface area contributed by atoms with E-state index >= 15 is 0 Å². The molecule has 7 nitrogen and oxygen atoms in total. The maximum Gasteiger partial charge on any atom is 0.319 e. The third-order valence-electron chi connectivity index (χ3n) is 2.53. The Labute approximate surface area is 120 Å². The van der Waals surface area contributed by atoms with Crippen LogP contribution in [0, 0.1) is 0 Å². The summed E-state index contributed by atoms with van der Waals surface area (Å²) in [6.45, 7) is 5.70. The fourth-order valence-corrected chi connectivity index (χ4v) is 2.10. The van der Waals surface area contributed by atoms with E-state index in [-0.39, 0.29) is 23.0 Å². The zero-order valence-corrected chi connectivity index (χ0v) is 12.4. The molecule has 0 aliphatic carbocycles. The van der Waals surface area contributed by atoms with E-state index in [2.05, 4.69) is 20.1 Å². The standard InChI is InChI=1S/C12H15N3O4S/c1-6(2)9-5-8(15-19-9)10-13-14-12(18-10)20-7(3)11(16)17-4/h5-7H,1-4H3. The second kappa shape index (κ2) is 6.08. The van der Waals surface area contributed by atoms with Gasteiger partial charge in [-0.25, -0.2) is 0 Å². The van der Waals surface area contributed by atoms with Gasteiger partial charge in [-0.2, -0.15) is 0 Å². The van der Waals surface area contributed by atoms with Crippen LogP contribution in [0.4, 0.5) is 0 Å². The summed E-state index contributed by atoms with van der Waals surface area (Å²) in [4.78, 5) is 11.3. The Bertz CT molecular complexity index is 593. The smallest absolute Gasteiger partial charge is 0.319 e. The van der Waals surface area contributed by atoms with Crippen molar-refractivity contribution in [2.45, 2.75) is 37.2 Å². The summed E-state index contributed by atoms with van der Waals surface area (Å²) in [6.07, 6.45) is 0. The van der Waals surface area contributed by atoms with Gasteiger partial charge in [-0.1, -0.05) is 30.8 Å². The average Bonchev–Trinajstić information content (AvgIpc) is 3.05. The number of nitrogens with zero attached hydrogens (tertiary/aromatic N) is 3. The zero-order chi connectivity index (χ0) is 14.7. The summed E-state index contributed by atoms with van der Waals surface area (Å²) >= 11 is 1.13. The van der Waals surface area contributed by atoms with Crippen LogP contribution in [0.2, 0.25) is 0 Å². The van der Waals surface area contributed by atoms with E-state index in [1.165, 1.54) is 7.11 Å². The van der Waals surface area contributed by atoms with Crippen LogP contribution in [-0.2, 0) is 9.53 Å². The molecule has 0 amide bonds. The van der Waals surface area contributed by atoms with Crippen LogP contribution in [0.5, 0.6) is 0 Å². The lowest BCUT2D eigenvalue weighted by atomic mass is 10.1. The Morgan fingerprint density at radius 3 is 2.70 bits per heavy atom. The van der Waals surface area contributed by atoms with Gasteiger partial charge in [0, 0.05) is 12.0 Å².